The monoisotopic (exact) mass is 437 g/mol. The number of hydrogen-bond donors (Lipinski definition) is 0. The lowest BCUT2D eigenvalue weighted by atomic mass is 10.2. The SMILES string of the molecule is CC(C)Cn1c(N2CCCN(S(C)(=O)=O)CC2)nc2c(N3CCOCC3)ncnc21. The van der Waals surface area contributed by atoms with Crippen LogP contribution in [0.2, 0.25) is 0 Å². The molecule has 0 saturated carbocycles. The van der Waals surface area contributed by atoms with E-state index in [-0.39, 0.29) is 0 Å². The molecule has 0 atom stereocenters. The van der Waals surface area contributed by atoms with Crippen LogP contribution in [-0.4, -0.2) is 91.0 Å². The Morgan fingerprint density at radius 3 is 2.50 bits per heavy atom. The molecule has 2 aliphatic heterocycles. The Hall–Kier alpha value is -1.98. The van der Waals surface area contributed by atoms with Crippen molar-refractivity contribution in [3.63, 3.8) is 0 Å². The second kappa shape index (κ2) is 8.64. The van der Waals surface area contributed by atoms with Crippen molar-refractivity contribution in [3.05, 3.63) is 6.33 Å². The van der Waals surface area contributed by atoms with Gasteiger partial charge in [0.05, 0.1) is 19.5 Å². The fourth-order valence-corrected chi connectivity index (χ4v) is 4.99. The van der Waals surface area contributed by atoms with Crippen LogP contribution in [-0.2, 0) is 21.3 Å². The molecule has 0 spiro atoms. The standard InChI is InChI=1S/C19H31N7O3S/c1-15(2)13-26-18-16(17(20-14-21-18)23-9-11-29-12-10-23)22-19(26)24-5-4-6-25(8-7-24)30(3,27)28/h14-15H,4-13H2,1-3H3. The van der Waals surface area contributed by atoms with Crippen molar-refractivity contribution >= 4 is 33.0 Å². The smallest absolute Gasteiger partial charge is 0.211 e. The van der Waals surface area contributed by atoms with Gasteiger partial charge < -0.3 is 14.5 Å². The molecular weight excluding hydrogens is 406 g/mol. The first-order valence-electron chi connectivity index (χ1n) is 10.6. The van der Waals surface area contributed by atoms with Crippen LogP contribution in [0.3, 0.4) is 0 Å². The molecule has 10 nitrogen and oxygen atoms in total. The third-order valence-electron chi connectivity index (χ3n) is 5.56. The largest absolute Gasteiger partial charge is 0.378 e. The predicted octanol–water partition coefficient (Wildman–Crippen LogP) is 0.791. The van der Waals surface area contributed by atoms with Gasteiger partial charge in [-0.25, -0.2) is 27.7 Å². The number of morpholine rings is 1. The van der Waals surface area contributed by atoms with Gasteiger partial charge in [-0.3, -0.25) is 4.57 Å². The number of rotatable bonds is 5. The van der Waals surface area contributed by atoms with E-state index in [9.17, 15) is 8.42 Å². The highest BCUT2D eigenvalue weighted by Crippen LogP contribution is 2.29. The average Bonchev–Trinajstić information content (AvgIpc) is 2.89. The summed E-state index contributed by atoms with van der Waals surface area (Å²) in [7, 11) is -3.19. The van der Waals surface area contributed by atoms with E-state index in [1.54, 1.807) is 10.6 Å². The molecule has 2 saturated heterocycles. The molecule has 4 heterocycles. The van der Waals surface area contributed by atoms with Crippen LogP contribution in [0.4, 0.5) is 11.8 Å². The maximum atomic E-state index is 12.0. The molecule has 0 aromatic carbocycles. The molecule has 166 valence electrons. The predicted molar refractivity (Wildman–Crippen MR) is 116 cm³/mol. The summed E-state index contributed by atoms with van der Waals surface area (Å²) in [6.45, 7) is 10.4. The van der Waals surface area contributed by atoms with E-state index in [1.165, 1.54) is 6.26 Å². The molecule has 2 aliphatic rings. The van der Waals surface area contributed by atoms with Gasteiger partial charge in [-0.2, -0.15) is 0 Å². The molecule has 0 aliphatic carbocycles. The van der Waals surface area contributed by atoms with Gasteiger partial charge in [0.15, 0.2) is 17.0 Å². The number of sulfonamides is 1. The number of anilines is 2. The first-order chi connectivity index (χ1) is 14.3. The van der Waals surface area contributed by atoms with Crippen LogP contribution in [0.25, 0.3) is 11.2 Å². The third-order valence-corrected chi connectivity index (χ3v) is 6.86. The van der Waals surface area contributed by atoms with E-state index < -0.39 is 10.0 Å². The van der Waals surface area contributed by atoms with E-state index >= 15 is 0 Å². The molecule has 0 amide bonds. The molecule has 4 rings (SSSR count). The zero-order valence-electron chi connectivity index (χ0n) is 18.0. The van der Waals surface area contributed by atoms with E-state index in [4.69, 9.17) is 9.72 Å². The minimum absolute atomic E-state index is 0.419. The van der Waals surface area contributed by atoms with E-state index in [0.29, 0.717) is 38.8 Å². The zero-order valence-corrected chi connectivity index (χ0v) is 18.8. The van der Waals surface area contributed by atoms with Crippen LogP contribution in [0.15, 0.2) is 6.33 Å². The number of ether oxygens (including phenoxy) is 1. The summed E-state index contributed by atoms with van der Waals surface area (Å²) >= 11 is 0. The molecular formula is C19H31N7O3S. The van der Waals surface area contributed by atoms with Gasteiger partial charge in [0.2, 0.25) is 16.0 Å². The number of aromatic nitrogens is 4. The summed E-state index contributed by atoms with van der Waals surface area (Å²) in [5, 5.41) is 0. The van der Waals surface area contributed by atoms with E-state index in [2.05, 4.69) is 38.2 Å². The normalized spacial score (nSPS) is 19.6. The molecule has 0 bridgehead atoms. The number of fused-ring (bicyclic) bond motifs is 1. The van der Waals surface area contributed by atoms with Gasteiger partial charge in [0.25, 0.3) is 0 Å². The lowest BCUT2D eigenvalue weighted by Crippen LogP contribution is -2.37. The first-order valence-corrected chi connectivity index (χ1v) is 12.4. The fourth-order valence-electron chi connectivity index (χ4n) is 4.12. The lowest BCUT2D eigenvalue weighted by Gasteiger charge is -2.27. The van der Waals surface area contributed by atoms with Crippen LogP contribution in [0.5, 0.6) is 0 Å². The summed E-state index contributed by atoms with van der Waals surface area (Å²) < 4.78 is 33.2. The van der Waals surface area contributed by atoms with Crippen molar-refractivity contribution in [1.29, 1.82) is 0 Å². The Morgan fingerprint density at radius 2 is 1.80 bits per heavy atom. The van der Waals surface area contributed by atoms with Crippen molar-refractivity contribution in [2.24, 2.45) is 5.92 Å². The molecule has 0 radical (unpaired) electrons. The zero-order chi connectivity index (χ0) is 21.3. The van der Waals surface area contributed by atoms with Crippen molar-refractivity contribution in [2.45, 2.75) is 26.8 Å². The Balaban J connectivity index is 1.73. The van der Waals surface area contributed by atoms with Gasteiger partial charge in [-0.15, -0.1) is 0 Å². The maximum absolute atomic E-state index is 12.0. The van der Waals surface area contributed by atoms with Crippen molar-refractivity contribution < 1.29 is 13.2 Å². The number of imidazole rings is 1. The van der Waals surface area contributed by atoms with Crippen LogP contribution < -0.4 is 9.80 Å². The average molecular weight is 438 g/mol. The summed E-state index contributed by atoms with van der Waals surface area (Å²) in [5.74, 6) is 2.12. The van der Waals surface area contributed by atoms with Crippen LogP contribution in [0.1, 0.15) is 20.3 Å². The van der Waals surface area contributed by atoms with Crippen molar-refractivity contribution in [2.75, 3.05) is 68.5 Å². The third kappa shape index (κ3) is 4.37. The van der Waals surface area contributed by atoms with Gasteiger partial charge in [-0.05, 0) is 12.3 Å². The molecule has 2 aromatic heterocycles. The van der Waals surface area contributed by atoms with Gasteiger partial charge in [-0.1, -0.05) is 13.8 Å². The minimum Gasteiger partial charge on any atom is -0.378 e. The highest BCUT2D eigenvalue weighted by atomic mass is 32.2. The molecule has 30 heavy (non-hydrogen) atoms. The van der Waals surface area contributed by atoms with Crippen molar-refractivity contribution in [1.82, 2.24) is 23.8 Å². The quantitative estimate of drug-likeness (QED) is 0.677. The molecule has 0 unspecified atom stereocenters. The van der Waals surface area contributed by atoms with Gasteiger partial charge in [0.1, 0.15) is 6.33 Å². The Bertz CT molecular complexity index is 985. The molecule has 11 heteroatoms. The number of nitrogens with zero attached hydrogens (tertiary/aromatic N) is 7. The van der Waals surface area contributed by atoms with Crippen molar-refractivity contribution in [3.8, 4) is 0 Å². The highest BCUT2D eigenvalue weighted by molar-refractivity contribution is 7.88. The van der Waals surface area contributed by atoms with E-state index in [0.717, 1.165) is 55.5 Å². The summed E-state index contributed by atoms with van der Waals surface area (Å²) in [5.41, 5.74) is 1.64. The minimum atomic E-state index is -3.19. The Morgan fingerprint density at radius 1 is 1.03 bits per heavy atom. The second-order valence-corrected chi connectivity index (χ2v) is 10.4. The Kier molecular flexibility index (Phi) is 6.12. The van der Waals surface area contributed by atoms with Gasteiger partial charge >= 0.3 is 0 Å². The summed E-state index contributed by atoms with van der Waals surface area (Å²) in [6.07, 6.45) is 3.66. The van der Waals surface area contributed by atoms with E-state index in [1.807, 2.05) is 0 Å². The molecule has 0 N–H and O–H groups in total. The topological polar surface area (TPSA) is 96.7 Å². The Labute approximate surface area is 177 Å². The fraction of sp³-hybridized carbons (Fsp3) is 0.737. The van der Waals surface area contributed by atoms with Crippen LogP contribution >= 0.6 is 0 Å². The maximum Gasteiger partial charge on any atom is 0.211 e. The highest BCUT2D eigenvalue weighted by Gasteiger charge is 2.27. The summed E-state index contributed by atoms with van der Waals surface area (Å²) in [4.78, 5) is 18.5. The lowest BCUT2D eigenvalue weighted by molar-refractivity contribution is 0.122. The number of hydrogen-bond acceptors (Lipinski definition) is 8. The first kappa shape index (κ1) is 21.3. The molecule has 2 aromatic rings. The summed E-state index contributed by atoms with van der Waals surface area (Å²) in [6, 6.07) is 0. The molecule has 2 fully saturated rings. The van der Waals surface area contributed by atoms with Crippen LogP contribution in [0, 0.1) is 5.92 Å². The second-order valence-electron chi connectivity index (χ2n) is 8.39. The van der Waals surface area contributed by atoms with Gasteiger partial charge in [0, 0.05) is 45.8 Å².